The van der Waals surface area contributed by atoms with Crippen LogP contribution in [0.3, 0.4) is 0 Å². The van der Waals surface area contributed by atoms with Crippen molar-refractivity contribution in [3.8, 4) is 11.5 Å². The standard InChI is InChI=1S/C16H14Cl2O3/c1-2-20-12-4-3-5-13(9-12)21-10-16(19)14-7-6-11(17)8-15(14)18/h3-9H,2,10H2,1H3. The molecule has 0 atom stereocenters. The summed E-state index contributed by atoms with van der Waals surface area (Å²) in [5.74, 6) is 1.06. The van der Waals surface area contributed by atoms with Gasteiger partial charge >= 0.3 is 0 Å². The maximum Gasteiger partial charge on any atom is 0.201 e. The largest absolute Gasteiger partial charge is 0.494 e. The quantitative estimate of drug-likeness (QED) is 0.725. The average molecular weight is 325 g/mol. The summed E-state index contributed by atoms with van der Waals surface area (Å²) in [6.45, 7) is 2.37. The molecule has 110 valence electrons. The maximum atomic E-state index is 12.1. The summed E-state index contributed by atoms with van der Waals surface area (Å²) in [5, 5.41) is 0.807. The molecule has 0 amide bonds. The maximum absolute atomic E-state index is 12.1. The fraction of sp³-hybridized carbons (Fsp3) is 0.188. The lowest BCUT2D eigenvalue weighted by molar-refractivity contribution is 0.0921. The van der Waals surface area contributed by atoms with Gasteiger partial charge in [0.25, 0.3) is 0 Å². The van der Waals surface area contributed by atoms with Gasteiger partial charge in [0.05, 0.1) is 11.6 Å². The minimum Gasteiger partial charge on any atom is -0.494 e. The molecule has 5 heteroatoms. The summed E-state index contributed by atoms with van der Waals surface area (Å²) in [4.78, 5) is 12.1. The van der Waals surface area contributed by atoms with Crippen LogP contribution in [0.15, 0.2) is 42.5 Å². The van der Waals surface area contributed by atoms with Crippen LogP contribution in [0.4, 0.5) is 0 Å². The van der Waals surface area contributed by atoms with Gasteiger partial charge in [-0.3, -0.25) is 4.79 Å². The number of hydrogen-bond donors (Lipinski definition) is 0. The fourth-order valence-electron chi connectivity index (χ4n) is 1.76. The van der Waals surface area contributed by atoms with Gasteiger partial charge in [0.1, 0.15) is 11.5 Å². The summed E-state index contributed by atoms with van der Waals surface area (Å²) in [6, 6.07) is 11.9. The van der Waals surface area contributed by atoms with E-state index in [0.29, 0.717) is 33.7 Å². The minimum atomic E-state index is -0.210. The Hall–Kier alpha value is -1.71. The molecule has 0 aliphatic heterocycles. The number of benzene rings is 2. The lowest BCUT2D eigenvalue weighted by Gasteiger charge is -2.09. The zero-order valence-electron chi connectivity index (χ0n) is 11.4. The van der Waals surface area contributed by atoms with Gasteiger partial charge in [-0.2, -0.15) is 0 Å². The monoisotopic (exact) mass is 324 g/mol. The van der Waals surface area contributed by atoms with Gasteiger partial charge in [-0.1, -0.05) is 29.3 Å². The van der Waals surface area contributed by atoms with Crippen molar-refractivity contribution in [2.75, 3.05) is 13.2 Å². The van der Waals surface area contributed by atoms with E-state index in [1.165, 1.54) is 6.07 Å². The first-order chi connectivity index (χ1) is 10.1. The van der Waals surface area contributed by atoms with E-state index in [4.69, 9.17) is 32.7 Å². The molecule has 0 heterocycles. The van der Waals surface area contributed by atoms with E-state index in [2.05, 4.69) is 0 Å². The topological polar surface area (TPSA) is 35.5 Å². The first-order valence-corrected chi connectivity index (χ1v) is 7.19. The molecule has 0 aliphatic carbocycles. The number of carbonyl (C=O) groups excluding carboxylic acids is 1. The highest BCUT2D eigenvalue weighted by atomic mass is 35.5. The highest BCUT2D eigenvalue weighted by Crippen LogP contribution is 2.23. The molecular formula is C16H14Cl2O3. The zero-order chi connectivity index (χ0) is 15.2. The molecule has 21 heavy (non-hydrogen) atoms. The summed E-state index contributed by atoms with van der Waals surface area (Å²) in [6.07, 6.45) is 0. The highest BCUT2D eigenvalue weighted by molar-refractivity contribution is 6.36. The van der Waals surface area contributed by atoms with Crippen LogP contribution in [0, 0.1) is 0 Å². The molecule has 0 saturated heterocycles. The molecule has 0 aromatic heterocycles. The second-order valence-corrected chi connectivity index (χ2v) is 5.09. The van der Waals surface area contributed by atoms with Crippen LogP contribution in [0.2, 0.25) is 10.0 Å². The van der Waals surface area contributed by atoms with E-state index in [1.807, 2.05) is 13.0 Å². The molecule has 0 aliphatic rings. The summed E-state index contributed by atoms with van der Waals surface area (Å²) < 4.78 is 10.8. The van der Waals surface area contributed by atoms with Crippen LogP contribution in [0.25, 0.3) is 0 Å². The molecule has 2 aromatic rings. The molecular weight excluding hydrogens is 311 g/mol. The summed E-state index contributed by atoms with van der Waals surface area (Å²) >= 11 is 11.8. The zero-order valence-corrected chi connectivity index (χ0v) is 12.9. The van der Waals surface area contributed by atoms with Gasteiger partial charge in [0.2, 0.25) is 5.78 Å². The Morgan fingerprint density at radius 2 is 1.76 bits per heavy atom. The van der Waals surface area contributed by atoms with Crippen molar-refractivity contribution in [2.24, 2.45) is 0 Å². The third kappa shape index (κ3) is 4.38. The number of ether oxygens (including phenoxy) is 2. The van der Waals surface area contributed by atoms with Crippen LogP contribution >= 0.6 is 23.2 Å². The molecule has 0 unspecified atom stereocenters. The Balaban J connectivity index is 2.02. The van der Waals surface area contributed by atoms with Crippen molar-refractivity contribution in [3.63, 3.8) is 0 Å². The van der Waals surface area contributed by atoms with Crippen molar-refractivity contribution in [3.05, 3.63) is 58.1 Å². The molecule has 0 saturated carbocycles. The van der Waals surface area contributed by atoms with Crippen molar-refractivity contribution >= 4 is 29.0 Å². The fourth-order valence-corrected chi connectivity index (χ4v) is 2.28. The number of ketones is 1. The number of rotatable bonds is 6. The predicted molar refractivity (Wildman–Crippen MR) is 83.9 cm³/mol. The average Bonchev–Trinajstić information content (AvgIpc) is 2.45. The smallest absolute Gasteiger partial charge is 0.201 e. The van der Waals surface area contributed by atoms with Gasteiger partial charge in [0, 0.05) is 16.7 Å². The Kier molecular flexibility index (Phi) is 5.48. The van der Waals surface area contributed by atoms with E-state index in [9.17, 15) is 4.79 Å². The van der Waals surface area contributed by atoms with Crippen LogP contribution in [0.1, 0.15) is 17.3 Å². The van der Waals surface area contributed by atoms with Crippen LogP contribution in [-0.2, 0) is 0 Å². The van der Waals surface area contributed by atoms with Crippen LogP contribution < -0.4 is 9.47 Å². The van der Waals surface area contributed by atoms with E-state index >= 15 is 0 Å². The molecule has 0 fully saturated rings. The van der Waals surface area contributed by atoms with Gasteiger partial charge in [0.15, 0.2) is 6.61 Å². The third-order valence-electron chi connectivity index (χ3n) is 2.72. The molecule has 0 spiro atoms. The molecule has 0 bridgehead atoms. The van der Waals surface area contributed by atoms with Gasteiger partial charge in [-0.25, -0.2) is 0 Å². The minimum absolute atomic E-state index is 0.100. The Labute approximate surface area is 133 Å². The van der Waals surface area contributed by atoms with Gasteiger partial charge in [-0.05, 0) is 37.3 Å². The lowest BCUT2D eigenvalue weighted by atomic mass is 10.1. The number of halogens is 2. The van der Waals surface area contributed by atoms with Crippen molar-refractivity contribution in [2.45, 2.75) is 6.92 Å². The second-order valence-electron chi connectivity index (χ2n) is 4.24. The highest BCUT2D eigenvalue weighted by Gasteiger charge is 2.11. The van der Waals surface area contributed by atoms with Gasteiger partial charge in [-0.15, -0.1) is 0 Å². The normalized spacial score (nSPS) is 10.2. The van der Waals surface area contributed by atoms with E-state index in [1.54, 1.807) is 30.3 Å². The van der Waals surface area contributed by atoms with E-state index in [0.717, 1.165) is 0 Å². The lowest BCUT2D eigenvalue weighted by Crippen LogP contribution is -2.12. The third-order valence-corrected chi connectivity index (χ3v) is 3.27. The predicted octanol–water partition coefficient (Wildman–Crippen LogP) is 4.65. The molecule has 2 aromatic carbocycles. The number of Topliss-reactive ketones (excluding diaryl/α,β-unsaturated/α-hetero) is 1. The van der Waals surface area contributed by atoms with E-state index < -0.39 is 0 Å². The second kappa shape index (κ2) is 7.34. The summed E-state index contributed by atoms with van der Waals surface area (Å²) in [7, 11) is 0. The van der Waals surface area contributed by atoms with E-state index in [-0.39, 0.29) is 12.4 Å². The molecule has 3 nitrogen and oxygen atoms in total. The van der Waals surface area contributed by atoms with Crippen LogP contribution in [0.5, 0.6) is 11.5 Å². The first kappa shape index (κ1) is 15.7. The molecule has 0 radical (unpaired) electrons. The molecule has 0 N–H and O–H groups in total. The molecule has 2 rings (SSSR count). The Morgan fingerprint density at radius 3 is 2.43 bits per heavy atom. The SMILES string of the molecule is CCOc1cccc(OCC(=O)c2ccc(Cl)cc2Cl)c1. The Morgan fingerprint density at radius 1 is 1.05 bits per heavy atom. The Bertz CT molecular complexity index is 641. The van der Waals surface area contributed by atoms with Crippen molar-refractivity contribution < 1.29 is 14.3 Å². The van der Waals surface area contributed by atoms with Crippen molar-refractivity contribution in [1.29, 1.82) is 0 Å². The first-order valence-electron chi connectivity index (χ1n) is 6.44. The van der Waals surface area contributed by atoms with Gasteiger partial charge < -0.3 is 9.47 Å². The number of carbonyl (C=O) groups is 1. The number of hydrogen-bond acceptors (Lipinski definition) is 3. The summed E-state index contributed by atoms with van der Waals surface area (Å²) in [5.41, 5.74) is 0.391. The van der Waals surface area contributed by atoms with Crippen LogP contribution in [-0.4, -0.2) is 19.0 Å². The van der Waals surface area contributed by atoms with Crippen molar-refractivity contribution in [1.82, 2.24) is 0 Å².